The van der Waals surface area contributed by atoms with Crippen LogP contribution in [0.25, 0.3) is 34.7 Å². The Labute approximate surface area is 150 Å². The second-order valence-electron chi connectivity index (χ2n) is 5.46. The number of nitrogens with zero attached hydrogens (tertiary/aromatic N) is 2. The van der Waals surface area contributed by atoms with Crippen LogP contribution in [0.2, 0.25) is 0 Å². The van der Waals surface area contributed by atoms with E-state index in [1.165, 1.54) is 25.3 Å². The molecule has 0 saturated carbocycles. The monoisotopic (exact) mass is 350 g/mol. The van der Waals surface area contributed by atoms with Gasteiger partial charge in [-0.05, 0) is 54.6 Å². The number of halogens is 2. The van der Waals surface area contributed by atoms with Gasteiger partial charge in [-0.2, -0.15) is 0 Å². The molecule has 0 aliphatic carbocycles. The second kappa shape index (κ2) is 7.27. The molecule has 0 unspecified atom stereocenters. The number of benzene rings is 2. The minimum atomic E-state index is -0.473. The summed E-state index contributed by atoms with van der Waals surface area (Å²) in [7, 11) is 1.39. The van der Waals surface area contributed by atoms with Gasteiger partial charge in [-0.1, -0.05) is 13.2 Å². The molecule has 0 aliphatic heterocycles. The van der Waals surface area contributed by atoms with E-state index in [-0.39, 0.29) is 11.6 Å². The molecule has 1 aromatic heterocycles. The third-order valence-electron chi connectivity index (χ3n) is 3.88. The van der Waals surface area contributed by atoms with Crippen LogP contribution < -0.4 is 4.74 Å². The highest BCUT2D eigenvalue weighted by Gasteiger charge is 2.16. The number of aromatic nitrogens is 2. The maximum atomic E-state index is 13.8. The van der Waals surface area contributed by atoms with Gasteiger partial charge in [-0.3, -0.25) is 0 Å². The van der Waals surface area contributed by atoms with E-state index in [0.29, 0.717) is 33.9 Å². The lowest BCUT2D eigenvalue weighted by Crippen LogP contribution is -2.00. The molecule has 0 saturated heterocycles. The summed E-state index contributed by atoms with van der Waals surface area (Å²) in [5.74, 6) is -0.722. The van der Waals surface area contributed by atoms with E-state index in [0.717, 1.165) is 0 Å². The molecular formula is C21H16F2N2O. The van der Waals surface area contributed by atoms with E-state index >= 15 is 0 Å². The van der Waals surface area contributed by atoms with Gasteiger partial charge in [0.25, 0.3) is 0 Å². The van der Waals surface area contributed by atoms with Gasteiger partial charge in [0.05, 0.1) is 29.9 Å². The summed E-state index contributed by atoms with van der Waals surface area (Å²) in [4.78, 5) is 9.22. The first kappa shape index (κ1) is 17.5. The first-order chi connectivity index (χ1) is 12.6. The molecule has 26 heavy (non-hydrogen) atoms. The molecule has 130 valence electrons. The van der Waals surface area contributed by atoms with Crippen LogP contribution in [0.5, 0.6) is 5.75 Å². The largest absolute Gasteiger partial charge is 0.494 e. The summed E-state index contributed by atoms with van der Waals surface area (Å²) in [5.41, 5.74) is 3.43. The molecule has 0 aliphatic rings. The van der Waals surface area contributed by atoms with Gasteiger partial charge in [0, 0.05) is 11.1 Å². The van der Waals surface area contributed by atoms with E-state index in [1.54, 1.807) is 36.4 Å². The minimum Gasteiger partial charge on any atom is -0.494 e. The third kappa shape index (κ3) is 3.24. The second-order valence-corrected chi connectivity index (χ2v) is 5.46. The minimum absolute atomic E-state index is 0.0994. The SMILES string of the molecule is C=Cc1nc(-c2ccc(F)cc2)c(-c2ccc(F)c(OC)c2)nc1C=C. The Morgan fingerprint density at radius 3 is 1.92 bits per heavy atom. The highest BCUT2D eigenvalue weighted by atomic mass is 19.1. The maximum absolute atomic E-state index is 13.8. The molecule has 3 nitrogen and oxygen atoms in total. The van der Waals surface area contributed by atoms with E-state index in [9.17, 15) is 8.78 Å². The Kier molecular flexibility index (Phi) is 4.89. The van der Waals surface area contributed by atoms with Crippen LogP contribution in [0.15, 0.2) is 55.6 Å². The van der Waals surface area contributed by atoms with Gasteiger partial charge >= 0.3 is 0 Å². The van der Waals surface area contributed by atoms with Gasteiger partial charge in [0.2, 0.25) is 0 Å². The molecule has 0 radical (unpaired) electrons. The molecule has 0 bridgehead atoms. The Bertz CT molecular complexity index is 982. The standard InChI is InChI=1S/C21H16F2N2O/c1-4-17-18(5-2)25-21(14-8-11-16(23)19(12-14)26-3)20(24-17)13-6-9-15(22)10-7-13/h4-12H,1-2H2,3H3. The summed E-state index contributed by atoms with van der Waals surface area (Å²) >= 11 is 0. The zero-order valence-corrected chi connectivity index (χ0v) is 14.2. The Hall–Kier alpha value is -3.34. The Morgan fingerprint density at radius 2 is 1.38 bits per heavy atom. The van der Waals surface area contributed by atoms with E-state index in [1.807, 2.05) is 0 Å². The van der Waals surface area contributed by atoms with Gasteiger partial charge in [0.15, 0.2) is 11.6 Å². The topological polar surface area (TPSA) is 35.0 Å². The number of ether oxygens (including phenoxy) is 1. The van der Waals surface area contributed by atoms with Crippen molar-refractivity contribution in [3.8, 4) is 28.3 Å². The van der Waals surface area contributed by atoms with Crippen molar-refractivity contribution in [3.63, 3.8) is 0 Å². The maximum Gasteiger partial charge on any atom is 0.165 e. The Balaban J connectivity index is 2.30. The quantitative estimate of drug-likeness (QED) is 0.619. The highest BCUT2D eigenvalue weighted by molar-refractivity contribution is 5.80. The molecule has 5 heteroatoms. The summed E-state index contributed by atoms with van der Waals surface area (Å²) in [6.45, 7) is 7.50. The van der Waals surface area contributed by atoms with Crippen molar-refractivity contribution in [2.24, 2.45) is 0 Å². The number of hydrogen-bond donors (Lipinski definition) is 0. The van der Waals surface area contributed by atoms with Gasteiger partial charge in [0.1, 0.15) is 5.82 Å². The first-order valence-electron chi connectivity index (χ1n) is 7.84. The van der Waals surface area contributed by atoms with E-state index in [2.05, 4.69) is 23.1 Å². The smallest absolute Gasteiger partial charge is 0.165 e. The van der Waals surface area contributed by atoms with Crippen LogP contribution in [0, 0.1) is 11.6 Å². The molecule has 0 N–H and O–H groups in total. The average molecular weight is 350 g/mol. The van der Waals surface area contributed by atoms with E-state index in [4.69, 9.17) is 4.74 Å². The lowest BCUT2D eigenvalue weighted by molar-refractivity contribution is 0.387. The van der Waals surface area contributed by atoms with Crippen LogP contribution in [0.1, 0.15) is 11.4 Å². The molecule has 0 fully saturated rings. The van der Waals surface area contributed by atoms with Crippen molar-refractivity contribution in [1.82, 2.24) is 9.97 Å². The highest BCUT2D eigenvalue weighted by Crippen LogP contribution is 2.33. The number of rotatable bonds is 5. The molecular weight excluding hydrogens is 334 g/mol. The summed E-state index contributed by atoms with van der Waals surface area (Å²) in [5, 5.41) is 0. The fourth-order valence-electron chi connectivity index (χ4n) is 2.58. The zero-order valence-electron chi connectivity index (χ0n) is 14.2. The molecule has 0 spiro atoms. The fraction of sp³-hybridized carbons (Fsp3) is 0.0476. The fourth-order valence-corrected chi connectivity index (χ4v) is 2.58. The van der Waals surface area contributed by atoms with Gasteiger partial charge in [-0.25, -0.2) is 18.7 Å². The van der Waals surface area contributed by atoms with Crippen molar-refractivity contribution in [2.45, 2.75) is 0 Å². The van der Waals surface area contributed by atoms with Crippen molar-refractivity contribution in [3.05, 3.63) is 78.6 Å². The lowest BCUT2D eigenvalue weighted by Gasteiger charge is -2.13. The molecule has 1 heterocycles. The van der Waals surface area contributed by atoms with Crippen LogP contribution >= 0.6 is 0 Å². The van der Waals surface area contributed by atoms with Crippen LogP contribution in [-0.2, 0) is 0 Å². The average Bonchev–Trinajstić information content (AvgIpc) is 2.68. The molecule has 3 aromatic rings. The third-order valence-corrected chi connectivity index (χ3v) is 3.88. The van der Waals surface area contributed by atoms with Gasteiger partial charge in [-0.15, -0.1) is 0 Å². The predicted molar refractivity (Wildman–Crippen MR) is 99.6 cm³/mol. The van der Waals surface area contributed by atoms with Crippen LogP contribution in [0.3, 0.4) is 0 Å². The molecule has 2 aromatic carbocycles. The lowest BCUT2D eigenvalue weighted by atomic mass is 10.0. The summed E-state index contributed by atoms with van der Waals surface area (Å²) in [6.07, 6.45) is 3.15. The van der Waals surface area contributed by atoms with Crippen molar-refractivity contribution in [1.29, 1.82) is 0 Å². The Morgan fingerprint density at radius 1 is 0.846 bits per heavy atom. The van der Waals surface area contributed by atoms with Gasteiger partial charge < -0.3 is 4.74 Å². The van der Waals surface area contributed by atoms with Crippen LogP contribution in [0.4, 0.5) is 8.78 Å². The summed E-state index contributed by atoms with van der Waals surface area (Å²) < 4.78 is 32.2. The van der Waals surface area contributed by atoms with Crippen molar-refractivity contribution in [2.75, 3.05) is 7.11 Å². The summed E-state index contributed by atoms with van der Waals surface area (Å²) in [6, 6.07) is 10.4. The molecule has 3 rings (SSSR count). The van der Waals surface area contributed by atoms with Crippen molar-refractivity contribution < 1.29 is 13.5 Å². The molecule has 0 amide bonds. The van der Waals surface area contributed by atoms with Crippen molar-refractivity contribution >= 4 is 12.2 Å². The van der Waals surface area contributed by atoms with Crippen LogP contribution in [-0.4, -0.2) is 17.1 Å². The number of hydrogen-bond acceptors (Lipinski definition) is 3. The normalized spacial score (nSPS) is 10.4. The number of methoxy groups -OCH3 is 1. The molecule has 0 atom stereocenters. The predicted octanol–water partition coefficient (Wildman–Crippen LogP) is 5.38. The first-order valence-corrected chi connectivity index (χ1v) is 7.84. The zero-order chi connectivity index (χ0) is 18.7. The van der Waals surface area contributed by atoms with E-state index < -0.39 is 5.82 Å².